The molecule has 0 spiro atoms. The van der Waals surface area contributed by atoms with Crippen molar-refractivity contribution in [3.05, 3.63) is 0 Å². The van der Waals surface area contributed by atoms with Crippen LogP contribution in [0.15, 0.2) is 0 Å². The van der Waals surface area contributed by atoms with Crippen molar-refractivity contribution in [1.82, 2.24) is 4.90 Å². The van der Waals surface area contributed by atoms with Crippen molar-refractivity contribution < 1.29 is 19.0 Å². The molecule has 5 heteroatoms. The molecule has 0 aromatic rings. The van der Waals surface area contributed by atoms with E-state index in [1.807, 2.05) is 6.92 Å². The molecule has 1 fully saturated rings. The smallest absolute Gasteiger partial charge is 0.411 e. The molecule has 5 nitrogen and oxygen atoms in total. The molecule has 1 amide bonds. The Morgan fingerprint density at radius 3 is 2.69 bits per heavy atom. The van der Waals surface area contributed by atoms with Gasteiger partial charge < -0.3 is 14.2 Å². The van der Waals surface area contributed by atoms with E-state index in [1.54, 1.807) is 12.0 Å². The first-order chi connectivity index (χ1) is 6.20. The fourth-order valence-corrected chi connectivity index (χ4v) is 1.37. The molecule has 1 aliphatic heterocycles. The van der Waals surface area contributed by atoms with Crippen LogP contribution in [0.1, 0.15) is 6.92 Å². The topological polar surface area (TPSA) is 48.0 Å². The van der Waals surface area contributed by atoms with Gasteiger partial charge in [0.2, 0.25) is 0 Å². The summed E-state index contributed by atoms with van der Waals surface area (Å²) < 4.78 is 15.0. The predicted octanol–water partition coefficient (Wildman–Crippen LogP) is 0.446. The number of amides is 1. The number of carbonyl (C=O) groups excluding carboxylic acids is 1. The van der Waals surface area contributed by atoms with Gasteiger partial charge in [0.05, 0.1) is 26.4 Å². The van der Waals surface area contributed by atoms with Crippen molar-refractivity contribution in [1.29, 1.82) is 0 Å². The molecule has 0 aliphatic carbocycles. The highest BCUT2D eigenvalue weighted by Gasteiger charge is 2.33. The van der Waals surface area contributed by atoms with Crippen LogP contribution >= 0.6 is 0 Å². The van der Waals surface area contributed by atoms with Crippen molar-refractivity contribution >= 4 is 6.09 Å². The van der Waals surface area contributed by atoms with E-state index in [1.165, 1.54) is 7.11 Å². The van der Waals surface area contributed by atoms with Crippen LogP contribution in [0.25, 0.3) is 0 Å². The molecular formula is C8H15NO4. The summed E-state index contributed by atoms with van der Waals surface area (Å²) in [6.45, 7) is 2.81. The maximum absolute atomic E-state index is 11.3. The molecule has 0 bridgehead atoms. The van der Waals surface area contributed by atoms with Gasteiger partial charge in [-0.05, 0) is 6.92 Å². The molecule has 0 radical (unpaired) electrons. The Labute approximate surface area is 77.6 Å². The van der Waals surface area contributed by atoms with Crippen molar-refractivity contribution in [3.63, 3.8) is 0 Å². The highest BCUT2D eigenvalue weighted by molar-refractivity contribution is 5.68. The number of rotatable bonds is 1. The van der Waals surface area contributed by atoms with E-state index in [-0.39, 0.29) is 18.4 Å². The molecule has 2 atom stereocenters. The predicted molar refractivity (Wildman–Crippen MR) is 45.3 cm³/mol. The van der Waals surface area contributed by atoms with Crippen molar-refractivity contribution in [2.24, 2.45) is 0 Å². The van der Waals surface area contributed by atoms with Crippen molar-refractivity contribution in [2.45, 2.75) is 19.2 Å². The lowest BCUT2D eigenvalue weighted by Gasteiger charge is -2.37. The second-order valence-electron chi connectivity index (χ2n) is 2.95. The summed E-state index contributed by atoms with van der Waals surface area (Å²) in [4.78, 5) is 12.9. The highest BCUT2D eigenvalue weighted by Crippen LogP contribution is 2.14. The van der Waals surface area contributed by atoms with Gasteiger partial charge in [-0.3, -0.25) is 4.90 Å². The van der Waals surface area contributed by atoms with Crippen LogP contribution in [0.5, 0.6) is 0 Å². The molecule has 1 saturated heterocycles. The van der Waals surface area contributed by atoms with Crippen LogP contribution < -0.4 is 0 Å². The van der Waals surface area contributed by atoms with Crippen molar-refractivity contribution in [2.75, 3.05) is 27.4 Å². The number of morpholine rings is 1. The Bertz CT molecular complexity index is 185. The molecule has 0 saturated carbocycles. The van der Waals surface area contributed by atoms with E-state index < -0.39 is 0 Å². The quantitative estimate of drug-likeness (QED) is 0.600. The first-order valence-electron chi connectivity index (χ1n) is 4.17. The SMILES string of the molecule is COC(=O)N1[C@@H](C)COC[C@H]1OC. The third-order valence-corrected chi connectivity index (χ3v) is 2.06. The summed E-state index contributed by atoms with van der Waals surface area (Å²) >= 11 is 0. The fourth-order valence-electron chi connectivity index (χ4n) is 1.37. The lowest BCUT2D eigenvalue weighted by molar-refractivity contribution is -0.133. The van der Waals surface area contributed by atoms with Crippen LogP contribution in [0.3, 0.4) is 0 Å². The highest BCUT2D eigenvalue weighted by atomic mass is 16.6. The van der Waals surface area contributed by atoms with Gasteiger partial charge in [-0.15, -0.1) is 0 Å². The van der Waals surface area contributed by atoms with Crippen molar-refractivity contribution in [3.8, 4) is 0 Å². The average molecular weight is 189 g/mol. The van der Waals surface area contributed by atoms with E-state index in [0.717, 1.165) is 0 Å². The molecule has 0 unspecified atom stereocenters. The van der Waals surface area contributed by atoms with Gasteiger partial charge in [-0.25, -0.2) is 4.79 Å². The number of methoxy groups -OCH3 is 2. The largest absolute Gasteiger partial charge is 0.453 e. The molecule has 0 aromatic heterocycles. The standard InChI is InChI=1S/C8H15NO4/c1-6-4-13-5-7(11-2)9(6)8(10)12-3/h6-7H,4-5H2,1-3H3/t6-,7+/m0/s1. The Kier molecular flexibility index (Phi) is 3.50. The van der Waals surface area contributed by atoms with E-state index in [0.29, 0.717) is 13.2 Å². The molecule has 76 valence electrons. The zero-order chi connectivity index (χ0) is 9.84. The summed E-state index contributed by atoms with van der Waals surface area (Å²) in [7, 11) is 2.90. The van der Waals surface area contributed by atoms with E-state index in [9.17, 15) is 4.79 Å². The molecule has 1 heterocycles. The lowest BCUT2D eigenvalue weighted by atomic mass is 10.2. The molecule has 1 aliphatic rings. The van der Waals surface area contributed by atoms with E-state index >= 15 is 0 Å². The first-order valence-corrected chi connectivity index (χ1v) is 4.17. The minimum Gasteiger partial charge on any atom is -0.453 e. The zero-order valence-electron chi connectivity index (χ0n) is 8.15. The Morgan fingerprint density at radius 1 is 1.46 bits per heavy atom. The molecule has 0 N–H and O–H groups in total. The summed E-state index contributed by atoms with van der Waals surface area (Å²) in [6, 6.07) is -0.00819. The zero-order valence-corrected chi connectivity index (χ0v) is 8.15. The third-order valence-electron chi connectivity index (χ3n) is 2.06. The van der Waals surface area contributed by atoms with Gasteiger partial charge in [0.15, 0.2) is 6.23 Å². The van der Waals surface area contributed by atoms with E-state index in [2.05, 4.69) is 4.74 Å². The molecule has 0 aromatic carbocycles. The van der Waals surface area contributed by atoms with Crippen LogP contribution in [0.4, 0.5) is 4.79 Å². The van der Waals surface area contributed by atoms with Gasteiger partial charge >= 0.3 is 6.09 Å². The fraction of sp³-hybridized carbons (Fsp3) is 0.875. The monoisotopic (exact) mass is 189 g/mol. The van der Waals surface area contributed by atoms with Crippen LogP contribution in [0.2, 0.25) is 0 Å². The maximum atomic E-state index is 11.3. The molecular weight excluding hydrogens is 174 g/mol. The van der Waals surface area contributed by atoms with Gasteiger partial charge in [0.1, 0.15) is 0 Å². The summed E-state index contributed by atoms with van der Waals surface area (Å²) in [5.74, 6) is 0. The van der Waals surface area contributed by atoms with Crippen LogP contribution in [-0.2, 0) is 14.2 Å². The Morgan fingerprint density at radius 2 is 2.15 bits per heavy atom. The van der Waals surface area contributed by atoms with Crippen LogP contribution in [0, 0.1) is 0 Å². The number of nitrogens with zero attached hydrogens (tertiary/aromatic N) is 1. The second kappa shape index (κ2) is 4.43. The van der Waals surface area contributed by atoms with Crippen LogP contribution in [-0.4, -0.2) is 50.7 Å². The molecule has 1 rings (SSSR count). The van der Waals surface area contributed by atoms with Gasteiger partial charge in [-0.1, -0.05) is 0 Å². The first kappa shape index (κ1) is 10.3. The average Bonchev–Trinajstić information content (AvgIpc) is 2.16. The maximum Gasteiger partial charge on any atom is 0.411 e. The van der Waals surface area contributed by atoms with E-state index in [4.69, 9.17) is 9.47 Å². The second-order valence-corrected chi connectivity index (χ2v) is 2.95. The number of ether oxygens (including phenoxy) is 3. The number of hydrogen-bond donors (Lipinski definition) is 0. The van der Waals surface area contributed by atoms with Gasteiger partial charge in [0.25, 0.3) is 0 Å². The Balaban J connectivity index is 2.67. The lowest BCUT2D eigenvalue weighted by Crippen LogP contribution is -2.54. The Hall–Kier alpha value is -0.810. The third kappa shape index (κ3) is 2.10. The minimum atomic E-state index is -0.373. The number of carbonyl (C=O) groups is 1. The summed E-state index contributed by atoms with van der Waals surface area (Å²) in [6.07, 6.45) is -0.709. The van der Waals surface area contributed by atoms with Gasteiger partial charge in [-0.2, -0.15) is 0 Å². The minimum absolute atomic E-state index is 0.00819. The molecule has 13 heavy (non-hydrogen) atoms. The van der Waals surface area contributed by atoms with Gasteiger partial charge in [0, 0.05) is 7.11 Å². The summed E-state index contributed by atoms with van der Waals surface area (Å²) in [5.41, 5.74) is 0. The normalized spacial score (nSPS) is 28.7. The number of hydrogen-bond acceptors (Lipinski definition) is 4. The summed E-state index contributed by atoms with van der Waals surface area (Å²) in [5, 5.41) is 0.